The molecule has 0 aliphatic carbocycles. The second-order valence-corrected chi connectivity index (χ2v) is 7.66. The van der Waals surface area contributed by atoms with E-state index >= 15 is 0 Å². The van der Waals surface area contributed by atoms with Crippen LogP contribution >= 0.6 is 0 Å². The standard InChI is InChI=1S/C23H17F4N3O3/c1-22(12-15-10-11-28-13-19(15)14-2-4-16(24)5-3-14)20(31)30(21(32)29-22)17-6-8-18(9-7-17)33-23(25,26)27/h2-11,13H,12H2,1H3,(H,29,32). The molecule has 170 valence electrons. The zero-order valence-electron chi connectivity index (χ0n) is 17.2. The fraction of sp³-hybridized carbons (Fsp3) is 0.174. The molecule has 1 N–H and O–H groups in total. The second kappa shape index (κ2) is 8.19. The highest BCUT2D eigenvalue weighted by Crippen LogP contribution is 2.32. The Morgan fingerprint density at radius 1 is 1.03 bits per heavy atom. The molecule has 3 amide bonds. The van der Waals surface area contributed by atoms with E-state index in [2.05, 4.69) is 15.0 Å². The lowest BCUT2D eigenvalue weighted by Gasteiger charge is -2.23. The lowest BCUT2D eigenvalue weighted by atomic mass is 9.89. The Bertz CT molecular complexity index is 1200. The van der Waals surface area contributed by atoms with Crippen molar-refractivity contribution in [3.63, 3.8) is 0 Å². The number of carbonyl (C=O) groups is 2. The van der Waals surface area contributed by atoms with Crippen LogP contribution in [0, 0.1) is 5.82 Å². The van der Waals surface area contributed by atoms with Crippen molar-refractivity contribution in [2.24, 2.45) is 0 Å². The molecule has 4 rings (SSSR count). The van der Waals surface area contributed by atoms with E-state index in [1.165, 1.54) is 24.3 Å². The van der Waals surface area contributed by atoms with Crippen molar-refractivity contribution in [3.05, 3.63) is 78.4 Å². The van der Waals surface area contributed by atoms with Gasteiger partial charge in [-0.2, -0.15) is 0 Å². The molecule has 0 radical (unpaired) electrons. The number of halogens is 4. The lowest BCUT2D eigenvalue weighted by Crippen LogP contribution is -2.46. The summed E-state index contributed by atoms with van der Waals surface area (Å²) < 4.78 is 54.3. The Morgan fingerprint density at radius 2 is 1.70 bits per heavy atom. The molecule has 1 aliphatic rings. The van der Waals surface area contributed by atoms with Crippen LogP contribution in [0.25, 0.3) is 11.1 Å². The summed E-state index contributed by atoms with van der Waals surface area (Å²) in [4.78, 5) is 30.8. The second-order valence-electron chi connectivity index (χ2n) is 7.66. The summed E-state index contributed by atoms with van der Waals surface area (Å²) in [5.74, 6) is -1.43. The summed E-state index contributed by atoms with van der Waals surface area (Å²) in [7, 11) is 0. The summed E-state index contributed by atoms with van der Waals surface area (Å²) in [6, 6.07) is 11.2. The predicted octanol–water partition coefficient (Wildman–Crippen LogP) is 4.84. The van der Waals surface area contributed by atoms with E-state index in [4.69, 9.17) is 0 Å². The number of urea groups is 1. The number of nitrogens with one attached hydrogen (secondary N) is 1. The van der Waals surface area contributed by atoms with Crippen LogP contribution in [0.15, 0.2) is 67.0 Å². The Morgan fingerprint density at radius 3 is 2.33 bits per heavy atom. The third kappa shape index (κ3) is 4.64. The Labute approximate surface area is 185 Å². The normalized spacial score (nSPS) is 18.4. The van der Waals surface area contributed by atoms with Crippen molar-refractivity contribution >= 4 is 17.6 Å². The number of anilines is 1. The van der Waals surface area contributed by atoms with Crippen molar-refractivity contribution in [2.75, 3.05) is 4.90 Å². The number of benzene rings is 2. The van der Waals surface area contributed by atoms with Crippen molar-refractivity contribution < 1.29 is 31.9 Å². The number of nitrogens with zero attached hydrogens (tertiary/aromatic N) is 2. The quantitative estimate of drug-likeness (QED) is 0.438. The van der Waals surface area contributed by atoms with Crippen LogP contribution in [0.5, 0.6) is 5.75 Å². The van der Waals surface area contributed by atoms with Gasteiger partial charge < -0.3 is 10.1 Å². The summed E-state index contributed by atoms with van der Waals surface area (Å²) in [5.41, 5.74) is 0.839. The molecule has 1 atom stereocenters. The van der Waals surface area contributed by atoms with Crippen LogP contribution in [0.3, 0.4) is 0 Å². The largest absolute Gasteiger partial charge is 0.573 e. The molecule has 0 spiro atoms. The fourth-order valence-corrected chi connectivity index (χ4v) is 3.68. The molecule has 2 heterocycles. The van der Waals surface area contributed by atoms with E-state index in [-0.39, 0.29) is 12.1 Å². The molecule has 0 bridgehead atoms. The van der Waals surface area contributed by atoms with Gasteiger partial charge in [-0.05, 0) is 60.5 Å². The first-order valence-electron chi connectivity index (χ1n) is 9.77. The van der Waals surface area contributed by atoms with Gasteiger partial charge in [0, 0.05) is 24.4 Å². The summed E-state index contributed by atoms with van der Waals surface area (Å²) in [6.07, 6.45) is -1.61. The van der Waals surface area contributed by atoms with Crippen LogP contribution in [0.1, 0.15) is 12.5 Å². The molecule has 6 nitrogen and oxygen atoms in total. The van der Waals surface area contributed by atoms with Gasteiger partial charge in [0.05, 0.1) is 5.69 Å². The fourth-order valence-electron chi connectivity index (χ4n) is 3.68. The lowest BCUT2D eigenvalue weighted by molar-refractivity contribution is -0.274. The minimum absolute atomic E-state index is 0.101. The average Bonchev–Trinajstić information content (AvgIpc) is 2.97. The van der Waals surface area contributed by atoms with Gasteiger partial charge in [-0.25, -0.2) is 14.1 Å². The first-order chi connectivity index (χ1) is 15.6. The molecule has 1 aliphatic heterocycles. The first-order valence-corrected chi connectivity index (χ1v) is 9.77. The predicted molar refractivity (Wildman–Crippen MR) is 111 cm³/mol. The highest BCUT2D eigenvalue weighted by molar-refractivity contribution is 6.23. The third-order valence-electron chi connectivity index (χ3n) is 5.20. The third-order valence-corrected chi connectivity index (χ3v) is 5.20. The molecule has 1 aromatic heterocycles. The molecule has 3 aromatic rings. The maximum atomic E-state index is 13.3. The van der Waals surface area contributed by atoms with Crippen LogP contribution in [-0.4, -0.2) is 28.8 Å². The Balaban J connectivity index is 1.59. The minimum Gasteiger partial charge on any atom is -0.406 e. The maximum absolute atomic E-state index is 13.3. The van der Waals surface area contributed by atoms with Crippen molar-refractivity contribution in [1.29, 1.82) is 0 Å². The highest BCUT2D eigenvalue weighted by Gasteiger charge is 2.48. The molecular formula is C23H17F4N3O3. The first kappa shape index (κ1) is 22.3. The van der Waals surface area contributed by atoms with E-state index in [1.807, 2.05) is 0 Å². The van der Waals surface area contributed by atoms with E-state index in [1.54, 1.807) is 37.5 Å². The average molecular weight is 459 g/mol. The zero-order valence-corrected chi connectivity index (χ0v) is 17.2. The van der Waals surface area contributed by atoms with Crippen molar-refractivity contribution in [3.8, 4) is 16.9 Å². The van der Waals surface area contributed by atoms with Gasteiger partial charge >= 0.3 is 12.4 Å². The number of carbonyl (C=O) groups excluding carboxylic acids is 2. The monoisotopic (exact) mass is 459 g/mol. The van der Waals surface area contributed by atoms with Crippen LogP contribution in [-0.2, 0) is 11.2 Å². The maximum Gasteiger partial charge on any atom is 0.573 e. The summed E-state index contributed by atoms with van der Waals surface area (Å²) in [5, 5.41) is 2.66. The van der Waals surface area contributed by atoms with Crippen LogP contribution in [0.2, 0.25) is 0 Å². The Hall–Kier alpha value is -3.95. The summed E-state index contributed by atoms with van der Waals surface area (Å²) >= 11 is 0. The van der Waals surface area contributed by atoms with Crippen LogP contribution < -0.4 is 15.0 Å². The number of imide groups is 1. The number of hydrogen-bond donors (Lipinski definition) is 1. The SMILES string of the molecule is CC1(Cc2ccncc2-c2ccc(F)cc2)NC(=O)N(c2ccc(OC(F)(F)F)cc2)C1=O. The molecule has 2 aromatic carbocycles. The van der Waals surface area contributed by atoms with Gasteiger partial charge in [-0.3, -0.25) is 9.78 Å². The van der Waals surface area contributed by atoms with E-state index in [0.717, 1.165) is 17.0 Å². The number of hydrogen-bond acceptors (Lipinski definition) is 4. The Kier molecular flexibility index (Phi) is 5.52. The van der Waals surface area contributed by atoms with Gasteiger partial charge in [0.2, 0.25) is 0 Å². The van der Waals surface area contributed by atoms with E-state index < -0.39 is 35.4 Å². The highest BCUT2D eigenvalue weighted by atomic mass is 19.4. The van der Waals surface area contributed by atoms with Crippen LogP contribution in [0.4, 0.5) is 28.0 Å². The van der Waals surface area contributed by atoms with E-state index in [9.17, 15) is 27.2 Å². The number of pyridine rings is 1. The smallest absolute Gasteiger partial charge is 0.406 e. The van der Waals surface area contributed by atoms with Gasteiger partial charge in [0.25, 0.3) is 5.91 Å². The number of alkyl halides is 3. The molecule has 1 unspecified atom stereocenters. The number of ether oxygens (including phenoxy) is 1. The summed E-state index contributed by atoms with van der Waals surface area (Å²) in [6.45, 7) is 1.56. The van der Waals surface area contributed by atoms with Gasteiger partial charge in [-0.15, -0.1) is 13.2 Å². The number of rotatable bonds is 5. The molecule has 1 saturated heterocycles. The van der Waals surface area contributed by atoms with Gasteiger partial charge in [0.1, 0.15) is 17.1 Å². The molecule has 10 heteroatoms. The van der Waals surface area contributed by atoms with Gasteiger partial charge in [0.15, 0.2) is 0 Å². The number of amides is 3. The van der Waals surface area contributed by atoms with Crippen molar-refractivity contribution in [2.45, 2.75) is 25.2 Å². The zero-order chi connectivity index (χ0) is 23.8. The molecule has 33 heavy (non-hydrogen) atoms. The molecule has 0 saturated carbocycles. The minimum atomic E-state index is -4.85. The topological polar surface area (TPSA) is 71.5 Å². The van der Waals surface area contributed by atoms with E-state index in [0.29, 0.717) is 16.7 Å². The number of aromatic nitrogens is 1. The molecule has 1 fully saturated rings. The molecular weight excluding hydrogens is 442 g/mol. The van der Waals surface area contributed by atoms with Crippen molar-refractivity contribution in [1.82, 2.24) is 10.3 Å². The van der Waals surface area contributed by atoms with Gasteiger partial charge in [-0.1, -0.05) is 12.1 Å².